The number of piperidine rings is 2. The Morgan fingerprint density at radius 3 is 2.93 bits per heavy atom. The number of nitrogens with one attached hydrogen (secondary N) is 1. The lowest BCUT2D eigenvalue weighted by Gasteiger charge is -2.44. The Balaban J connectivity index is 1.30. The van der Waals surface area contributed by atoms with Crippen LogP contribution in [-0.4, -0.2) is 62.4 Å². The molecule has 8 heteroatoms. The summed E-state index contributed by atoms with van der Waals surface area (Å²) in [6.07, 6.45) is 7.32. The van der Waals surface area contributed by atoms with Gasteiger partial charge in [-0.1, -0.05) is 6.42 Å². The first kappa shape index (κ1) is 20.1. The van der Waals surface area contributed by atoms with Gasteiger partial charge >= 0.3 is 0 Å². The first-order valence-electron chi connectivity index (χ1n) is 11.0. The van der Waals surface area contributed by atoms with Crippen molar-refractivity contribution in [1.29, 1.82) is 0 Å². The molecule has 29 heavy (non-hydrogen) atoms. The van der Waals surface area contributed by atoms with Crippen molar-refractivity contribution in [3.8, 4) is 5.88 Å². The zero-order chi connectivity index (χ0) is 20.2. The van der Waals surface area contributed by atoms with E-state index in [0.29, 0.717) is 42.2 Å². The zero-order valence-corrected chi connectivity index (χ0v) is 17.5. The topological polar surface area (TPSA) is 84.6 Å². The number of nitrogens with zero attached hydrogens (tertiary/aromatic N) is 5. The molecule has 2 saturated heterocycles. The summed E-state index contributed by atoms with van der Waals surface area (Å²) in [4.78, 5) is 15.1. The Morgan fingerprint density at radius 1 is 1.21 bits per heavy atom. The summed E-state index contributed by atoms with van der Waals surface area (Å²) in [6, 6.07) is 4.28. The van der Waals surface area contributed by atoms with Gasteiger partial charge in [-0.15, -0.1) is 15.3 Å². The average molecular weight is 401 g/mol. The van der Waals surface area contributed by atoms with E-state index in [1.165, 1.54) is 45.2 Å². The van der Waals surface area contributed by atoms with E-state index in [2.05, 4.69) is 25.5 Å². The molecule has 0 spiro atoms. The van der Waals surface area contributed by atoms with E-state index in [1.54, 1.807) is 10.6 Å². The van der Waals surface area contributed by atoms with Crippen LogP contribution in [-0.2, 0) is 11.2 Å². The first-order chi connectivity index (χ1) is 14.1. The van der Waals surface area contributed by atoms with Gasteiger partial charge < -0.3 is 15.0 Å². The highest BCUT2D eigenvalue weighted by atomic mass is 16.5. The maximum absolute atomic E-state index is 12.5. The molecule has 2 atom stereocenters. The van der Waals surface area contributed by atoms with Crippen molar-refractivity contribution in [1.82, 2.24) is 30.0 Å². The van der Waals surface area contributed by atoms with Gasteiger partial charge in [0, 0.05) is 31.5 Å². The highest BCUT2D eigenvalue weighted by Crippen LogP contribution is 2.30. The molecule has 2 aliphatic rings. The number of aromatic nitrogens is 4. The maximum Gasteiger partial charge on any atom is 0.232 e. The van der Waals surface area contributed by atoms with E-state index >= 15 is 0 Å². The van der Waals surface area contributed by atoms with Crippen LogP contribution in [0.25, 0.3) is 5.65 Å². The van der Waals surface area contributed by atoms with Gasteiger partial charge in [-0.05, 0) is 64.6 Å². The van der Waals surface area contributed by atoms with Crippen LogP contribution in [0, 0.1) is 5.92 Å². The molecule has 0 bridgehead atoms. The van der Waals surface area contributed by atoms with E-state index < -0.39 is 0 Å². The Bertz CT molecular complexity index is 834. The van der Waals surface area contributed by atoms with Crippen molar-refractivity contribution in [3.05, 3.63) is 18.0 Å². The number of hydrogen-bond donors (Lipinski definition) is 1. The Kier molecular flexibility index (Phi) is 6.28. The zero-order valence-electron chi connectivity index (χ0n) is 17.5. The lowest BCUT2D eigenvalue weighted by Crippen LogP contribution is -2.51. The van der Waals surface area contributed by atoms with E-state index in [0.717, 1.165) is 6.54 Å². The van der Waals surface area contributed by atoms with Crippen LogP contribution in [0.1, 0.15) is 58.2 Å². The molecule has 2 fully saturated rings. The van der Waals surface area contributed by atoms with Gasteiger partial charge in [0.2, 0.25) is 11.8 Å². The molecule has 4 rings (SSSR count). The van der Waals surface area contributed by atoms with Crippen LogP contribution in [0.3, 0.4) is 0 Å². The molecular weight excluding hydrogens is 368 g/mol. The van der Waals surface area contributed by atoms with Crippen LogP contribution in [0.4, 0.5) is 0 Å². The van der Waals surface area contributed by atoms with Crippen LogP contribution in [0.15, 0.2) is 12.1 Å². The molecule has 4 heterocycles. The Hall–Kier alpha value is -2.22. The monoisotopic (exact) mass is 400 g/mol. The first-order valence-corrected chi connectivity index (χ1v) is 11.0. The summed E-state index contributed by atoms with van der Waals surface area (Å²) in [6.45, 7) is 7.16. The van der Waals surface area contributed by atoms with Gasteiger partial charge in [0.1, 0.15) is 0 Å². The molecule has 0 unspecified atom stereocenters. The summed E-state index contributed by atoms with van der Waals surface area (Å²) in [5.74, 6) is 1.87. The maximum atomic E-state index is 12.5. The number of rotatable bonds is 7. The van der Waals surface area contributed by atoms with Crippen molar-refractivity contribution in [2.75, 3.05) is 19.6 Å². The predicted molar refractivity (Wildman–Crippen MR) is 110 cm³/mol. The number of amides is 1. The minimum atomic E-state index is 0.0468. The third-order valence-corrected chi connectivity index (χ3v) is 6.03. The fourth-order valence-corrected chi connectivity index (χ4v) is 4.65. The quantitative estimate of drug-likeness (QED) is 0.767. The number of aryl methyl sites for hydroxylation is 1. The van der Waals surface area contributed by atoms with Crippen molar-refractivity contribution >= 4 is 11.6 Å². The van der Waals surface area contributed by atoms with Crippen molar-refractivity contribution in [2.24, 2.45) is 5.92 Å². The van der Waals surface area contributed by atoms with Crippen molar-refractivity contribution in [3.63, 3.8) is 0 Å². The normalized spacial score (nSPS) is 22.6. The molecule has 2 aliphatic heterocycles. The van der Waals surface area contributed by atoms with Crippen LogP contribution in [0.5, 0.6) is 5.88 Å². The van der Waals surface area contributed by atoms with E-state index in [1.807, 2.05) is 19.9 Å². The van der Waals surface area contributed by atoms with Crippen LogP contribution >= 0.6 is 0 Å². The second kappa shape index (κ2) is 9.07. The smallest absolute Gasteiger partial charge is 0.232 e. The van der Waals surface area contributed by atoms with Gasteiger partial charge in [0.15, 0.2) is 11.5 Å². The van der Waals surface area contributed by atoms with E-state index in [9.17, 15) is 4.79 Å². The van der Waals surface area contributed by atoms with Crippen LogP contribution in [0.2, 0.25) is 0 Å². The lowest BCUT2D eigenvalue weighted by atomic mass is 9.83. The lowest BCUT2D eigenvalue weighted by molar-refractivity contribution is -0.121. The highest BCUT2D eigenvalue weighted by molar-refractivity contribution is 5.76. The van der Waals surface area contributed by atoms with Crippen LogP contribution < -0.4 is 10.1 Å². The average Bonchev–Trinajstić information content (AvgIpc) is 3.12. The molecule has 1 N–H and O–H groups in total. The second-order valence-corrected chi connectivity index (χ2v) is 8.53. The van der Waals surface area contributed by atoms with Crippen molar-refractivity contribution < 1.29 is 9.53 Å². The molecule has 1 amide bonds. The SMILES string of the molecule is CC(C)Oc1ccc2nnc(CCC(=O)NC[C@@H]3CCCN4CCCC[C@H]34)n2n1. The molecule has 2 aromatic heterocycles. The van der Waals surface area contributed by atoms with Gasteiger partial charge in [0.25, 0.3) is 0 Å². The standard InChI is InChI=1S/C21H32N6O2/c1-15(2)29-21-11-9-19-24-23-18(27(19)25-21)8-10-20(28)22-14-16-6-5-13-26-12-4-3-7-17(16)26/h9,11,15-17H,3-8,10,12-14H2,1-2H3,(H,22,28)/t16-,17+/m0/s1. The largest absolute Gasteiger partial charge is 0.474 e. The predicted octanol–water partition coefficient (Wildman–Crippen LogP) is 2.22. The van der Waals surface area contributed by atoms with E-state index in [-0.39, 0.29) is 12.0 Å². The van der Waals surface area contributed by atoms with Gasteiger partial charge in [-0.25, -0.2) is 0 Å². The molecule has 0 saturated carbocycles. The van der Waals surface area contributed by atoms with Gasteiger partial charge in [0.05, 0.1) is 6.10 Å². The van der Waals surface area contributed by atoms with E-state index in [4.69, 9.17) is 4.74 Å². The summed E-state index contributed by atoms with van der Waals surface area (Å²) in [7, 11) is 0. The molecule has 0 aromatic carbocycles. The summed E-state index contributed by atoms with van der Waals surface area (Å²) in [5.41, 5.74) is 0.663. The third-order valence-electron chi connectivity index (χ3n) is 6.03. The van der Waals surface area contributed by atoms with Gasteiger partial charge in [-0.3, -0.25) is 4.79 Å². The van der Waals surface area contributed by atoms with Gasteiger partial charge in [-0.2, -0.15) is 4.52 Å². The third kappa shape index (κ3) is 4.86. The number of carbonyl (C=O) groups excluding carboxylic acids is 1. The molecule has 158 valence electrons. The summed E-state index contributed by atoms with van der Waals surface area (Å²) in [5, 5.41) is 16.0. The number of hydrogen-bond acceptors (Lipinski definition) is 6. The second-order valence-electron chi connectivity index (χ2n) is 8.53. The minimum Gasteiger partial charge on any atom is -0.474 e. The highest BCUT2D eigenvalue weighted by Gasteiger charge is 2.32. The molecule has 2 aromatic rings. The number of carbonyl (C=O) groups is 1. The molecule has 0 radical (unpaired) electrons. The number of ether oxygens (including phenoxy) is 1. The van der Waals surface area contributed by atoms with Crippen molar-refractivity contribution in [2.45, 2.75) is 70.9 Å². The Morgan fingerprint density at radius 2 is 2.07 bits per heavy atom. The minimum absolute atomic E-state index is 0.0468. The molecule has 0 aliphatic carbocycles. The molecular formula is C21H32N6O2. The Labute approximate surface area is 172 Å². The fourth-order valence-electron chi connectivity index (χ4n) is 4.65. The summed E-state index contributed by atoms with van der Waals surface area (Å²) >= 11 is 0. The molecule has 8 nitrogen and oxygen atoms in total. The fraction of sp³-hybridized carbons (Fsp3) is 0.714. The summed E-state index contributed by atoms with van der Waals surface area (Å²) < 4.78 is 7.32. The number of fused-ring (bicyclic) bond motifs is 2.